The van der Waals surface area contributed by atoms with Crippen LogP contribution in [-0.2, 0) is 17.1 Å². The largest absolute Gasteiger partial charge is 0.497 e. The minimum atomic E-state index is -3.57. The Morgan fingerprint density at radius 3 is 2.48 bits per heavy atom. The number of aryl methyl sites for hydroxylation is 1. The number of hydrogen-bond acceptors (Lipinski definition) is 5. The molecule has 0 unspecified atom stereocenters. The molecular weight excluding hydrogens is 368 g/mol. The van der Waals surface area contributed by atoms with Crippen LogP contribution >= 0.6 is 0 Å². The summed E-state index contributed by atoms with van der Waals surface area (Å²) >= 11 is 0. The maximum absolute atomic E-state index is 12.9. The molecule has 1 aromatic heterocycles. The Bertz CT molecular complexity index is 999. The van der Waals surface area contributed by atoms with Gasteiger partial charge in [-0.15, -0.1) is 0 Å². The second-order valence-corrected chi connectivity index (χ2v) is 9.16. The summed E-state index contributed by atoms with van der Waals surface area (Å²) in [7, 11) is -0.386. The fourth-order valence-corrected chi connectivity index (χ4v) is 5.22. The summed E-state index contributed by atoms with van der Waals surface area (Å²) in [4.78, 5) is 12.7. The normalized spacial score (nSPS) is 19.3. The lowest BCUT2D eigenvalue weighted by Crippen LogP contribution is -2.41. The van der Waals surface area contributed by atoms with E-state index in [0.717, 1.165) is 18.7 Å². The molecule has 2 fully saturated rings. The van der Waals surface area contributed by atoms with Crippen LogP contribution < -0.4 is 10.4 Å². The van der Waals surface area contributed by atoms with E-state index in [9.17, 15) is 13.2 Å². The molecule has 4 rings (SSSR count). The Balaban J connectivity index is 1.53. The van der Waals surface area contributed by atoms with Crippen molar-refractivity contribution in [3.63, 3.8) is 0 Å². The molecular formula is C18H24N4O4S. The number of benzene rings is 1. The average Bonchev–Trinajstić information content (AvgIpc) is 3.48. The van der Waals surface area contributed by atoms with Crippen LogP contribution in [0.2, 0.25) is 0 Å². The van der Waals surface area contributed by atoms with E-state index in [1.165, 1.54) is 22.2 Å². The van der Waals surface area contributed by atoms with Gasteiger partial charge >= 0.3 is 5.69 Å². The van der Waals surface area contributed by atoms with E-state index in [0.29, 0.717) is 37.6 Å². The highest BCUT2D eigenvalue weighted by Gasteiger charge is 2.36. The van der Waals surface area contributed by atoms with Crippen molar-refractivity contribution in [1.29, 1.82) is 0 Å². The fourth-order valence-electron chi connectivity index (χ4n) is 3.71. The predicted molar refractivity (Wildman–Crippen MR) is 99.5 cm³/mol. The molecule has 1 aliphatic heterocycles. The number of piperidine rings is 1. The zero-order valence-corrected chi connectivity index (χ0v) is 16.4. The van der Waals surface area contributed by atoms with Gasteiger partial charge in [0.1, 0.15) is 11.6 Å². The average molecular weight is 392 g/mol. The number of ether oxygens (including phenoxy) is 1. The Hall–Kier alpha value is -2.13. The van der Waals surface area contributed by atoms with Crippen molar-refractivity contribution in [2.75, 3.05) is 20.2 Å². The molecule has 1 saturated carbocycles. The predicted octanol–water partition coefficient (Wildman–Crippen LogP) is 1.49. The smallest absolute Gasteiger partial charge is 0.345 e. The molecule has 2 aromatic rings. The lowest BCUT2D eigenvalue weighted by Gasteiger charge is -2.32. The molecule has 27 heavy (non-hydrogen) atoms. The van der Waals surface area contributed by atoms with E-state index in [4.69, 9.17) is 4.74 Å². The highest BCUT2D eigenvalue weighted by molar-refractivity contribution is 7.89. The zero-order chi connectivity index (χ0) is 19.2. The molecule has 0 amide bonds. The van der Waals surface area contributed by atoms with Crippen molar-refractivity contribution in [1.82, 2.24) is 18.7 Å². The third-order valence-corrected chi connectivity index (χ3v) is 7.29. The van der Waals surface area contributed by atoms with E-state index in [1.807, 2.05) is 0 Å². The van der Waals surface area contributed by atoms with Gasteiger partial charge in [0, 0.05) is 38.2 Å². The molecule has 0 N–H and O–H groups in total. The molecule has 0 atom stereocenters. The number of hydrogen-bond donors (Lipinski definition) is 0. The number of nitrogens with zero attached hydrogens (tertiary/aromatic N) is 4. The molecule has 8 nitrogen and oxygen atoms in total. The summed E-state index contributed by atoms with van der Waals surface area (Å²) < 4.78 is 35.7. The van der Waals surface area contributed by atoms with Crippen molar-refractivity contribution < 1.29 is 13.2 Å². The van der Waals surface area contributed by atoms with Gasteiger partial charge in [0.25, 0.3) is 0 Å². The molecule has 1 saturated heterocycles. The fraction of sp³-hybridized carbons (Fsp3) is 0.556. The van der Waals surface area contributed by atoms with Gasteiger partial charge < -0.3 is 4.74 Å². The van der Waals surface area contributed by atoms with Gasteiger partial charge in [0.05, 0.1) is 12.0 Å². The first kappa shape index (κ1) is 18.2. The second kappa shape index (κ2) is 6.79. The van der Waals surface area contributed by atoms with Crippen LogP contribution in [0, 0.1) is 0 Å². The van der Waals surface area contributed by atoms with Crippen molar-refractivity contribution in [2.45, 2.75) is 42.5 Å². The maximum Gasteiger partial charge on any atom is 0.345 e. The highest BCUT2D eigenvalue weighted by Crippen LogP contribution is 2.40. The summed E-state index contributed by atoms with van der Waals surface area (Å²) in [6.45, 7) is 0.769. The van der Waals surface area contributed by atoms with Gasteiger partial charge in [-0.05, 0) is 37.8 Å². The minimum absolute atomic E-state index is 0.00133. The molecule has 0 bridgehead atoms. The summed E-state index contributed by atoms with van der Waals surface area (Å²) in [6.07, 6.45) is 3.35. The van der Waals surface area contributed by atoms with Gasteiger partial charge in [-0.3, -0.25) is 4.57 Å². The molecule has 0 radical (unpaired) electrons. The Kier molecular flexibility index (Phi) is 4.59. The second-order valence-electron chi connectivity index (χ2n) is 7.22. The van der Waals surface area contributed by atoms with Gasteiger partial charge in [-0.1, -0.05) is 6.07 Å². The lowest BCUT2D eigenvalue weighted by atomic mass is 10.1. The van der Waals surface area contributed by atoms with Gasteiger partial charge in [-0.25, -0.2) is 17.9 Å². The van der Waals surface area contributed by atoms with E-state index in [1.54, 1.807) is 29.8 Å². The van der Waals surface area contributed by atoms with Crippen molar-refractivity contribution in [2.24, 2.45) is 7.05 Å². The molecule has 2 heterocycles. The SMILES string of the molecule is COc1cccc(S(=O)(=O)N2CCC(n3c(C4CC4)nn(C)c3=O)CC2)c1. The summed E-state index contributed by atoms with van der Waals surface area (Å²) in [5.74, 6) is 1.75. The van der Waals surface area contributed by atoms with Crippen molar-refractivity contribution in [3.8, 4) is 5.75 Å². The van der Waals surface area contributed by atoms with Gasteiger partial charge in [-0.2, -0.15) is 9.40 Å². The number of methoxy groups -OCH3 is 1. The maximum atomic E-state index is 12.9. The Labute approximate surface area is 158 Å². The molecule has 9 heteroatoms. The monoisotopic (exact) mass is 392 g/mol. The summed E-state index contributed by atoms with van der Waals surface area (Å²) in [6, 6.07) is 6.52. The van der Waals surface area contributed by atoms with E-state index < -0.39 is 10.0 Å². The third kappa shape index (κ3) is 3.29. The topological polar surface area (TPSA) is 86.4 Å². The van der Waals surface area contributed by atoms with Crippen LogP contribution in [0.5, 0.6) is 5.75 Å². The van der Waals surface area contributed by atoms with E-state index >= 15 is 0 Å². The minimum Gasteiger partial charge on any atom is -0.497 e. The molecule has 1 aromatic carbocycles. The molecule has 0 spiro atoms. The third-order valence-electron chi connectivity index (χ3n) is 5.39. The van der Waals surface area contributed by atoms with E-state index in [2.05, 4.69) is 5.10 Å². The summed E-state index contributed by atoms with van der Waals surface area (Å²) in [5.41, 5.74) is -0.106. The van der Waals surface area contributed by atoms with Crippen LogP contribution in [0.15, 0.2) is 34.0 Å². The van der Waals surface area contributed by atoms with Crippen LogP contribution in [0.4, 0.5) is 0 Å². The van der Waals surface area contributed by atoms with Crippen LogP contribution in [0.1, 0.15) is 43.5 Å². The highest BCUT2D eigenvalue weighted by atomic mass is 32.2. The first-order valence-electron chi connectivity index (χ1n) is 9.21. The van der Waals surface area contributed by atoms with Gasteiger partial charge in [0.2, 0.25) is 10.0 Å². The van der Waals surface area contributed by atoms with E-state index in [-0.39, 0.29) is 16.6 Å². The van der Waals surface area contributed by atoms with Gasteiger partial charge in [0.15, 0.2) is 0 Å². The molecule has 2 aliphatic rings. The Morgan fingerprint density at radius 1 is 1.15 bits per heavy atom. The van der Waals surface area contributed by atoms with Crippen molar-refractivity contribution >= 4 is 10.0 Å². The Morgan fingerprint density at radius 2 is 1.85 bits per heavy atom. The number of aromatic nitrogens is 3. The standard InChI is InChI=1S/C18H24N4O4S/c1-20-18(23)22(17(19-20)13-6-7-13)14-8-10-21(11-9-14)27(24,25)16-5-3-4-15(12-16)26-2/h3-5,12-14H,6-11H2,1-2H3. The molecule has 146 valence electrons. The van der Waals surface area contributed by atoms with Crippen molar-refractivity contribution in [3.05, 3.63) is 40.6 Å². The zero-order valence-electron chi connectivity index (χ0n) is 15.5. The summed E-state index contributed by atoms with van der Waals surface area (Å²) in [5, 5.41) is 4.40. The number of rotatable bonds is 5. The first-order chi connectivity index (χ1) is 12.9. The van der Waals surface area contributed by atoms with Crippen LogP contribution in [-0.4, -0.2) is 47.3 Å². The lowest BCUT2D eigenvalue weighted by molar-refractivity contribution is 0.266. The quantitative estimate of drug-likeness (QED) is 0.770. The van der Waals surface area contributed by atoms with Crippen LogP contribution in [0.3, 0.4) is 0 Å². The van der Waals surface area contributed by atoms with Crippen LogP contribution in [0.25, 0.3) is 0 Å². The number of sulfonamides is 1. The first-order valence-corrected chi connectivity index (χ1v) is 10.7. The molecule has 1 aliphatic carbocycles.